The summed E-state index contributed by atoms with van der Waals surface area (Å²) in [6.07, 6.45) is 5.81. The van der Waals surface area contributed by atoms with Crippen molar-refractivity contribution < 1.29 is 9.53 Å². The number of nitrogens with zero attached hydrogens (tertiary/aromatic N) is 7. The van der Waals surface area contributed by atoms with Gasteiger partial charge in [0.15, 0.2) is 5.82 Å². The SMILES string of the molecule is Cc1cnc(Nc2cc(C)n(C)n2)nc1-c1c[nH]c2c(NC(=O)CN3CC[C@H](Oc4ncnc(Cl)c4C)C3)cccc12. The van der Waals surface area contributed by atoms with Crippen molar-refractivity contribution in [3.8, 4) is 17.1 Å². The Hall–Kier alpha value is -4.55. The number of likely N-dealkylation sites (tertiary alicyclic amines) is 1. The van der Waals surface area contributed by atoms with Crippen LogP contribution < -0.4 is 15.4 Å². The lowest BCUT2D eigenvalue weighted by atomic mass is 10.1. The maximum absolute atomic E-state index is 13.1. The van der Waals surface area contributed by atoms with Crippen LogP contribution in [0.25, 0.3) is 22.2 Å². The van der Waals surface area contributed by atoms with E-state index < -0.39 is 0 Å². The molecule has 6 rings (SSSR count). The Morgan fingerprint density at radius 3 is 2.88 bits per heavy atom. The van der Waals surface area contributed by atoms with E-state index in [9.17, 15) is 4.79 Å². The summed E-state index contributed by atoms with van der Waals surface area (Å²) in [5.74, 6) is 1.52. The van der Waals surface area contributed by atoms with Crippen molar-refractivity contribution in [1.29, 1.82) is 0 Å². The number of aromatic nitrogens is 7. The van der Waals surface area contributed by atoms with Gasteiger partial charge in [0.2, 0.25) is 17.7 Å². The molecule has 1 aliphatic heterocycles. The number of carbonyl (C=O) groups is 1. The van der Waals surface area contributed by atoms with Gasteiger partial charge in [-0.05, 0) is 38.8 Å². The standard InChI is InChI=1S/C29H31ClN10O2/c1-16-11-32-29(36-23-10-17(2)39(4)38-23)37-25(16)21-12-31-26-20(21)6-5-7-22(26)35-24(41)14-40-9-8-19(13-40)42-28-18(3)27(30)33-15-34-28/h5-7,10-12,15,19,31H,8-9,13-14H2,1-4H3,(H,35,41)(H,32,36,37,38)/t19-/m0/s1. The molecule has 0 aliphatic carbocycles. The van der Waals surface area contributed by atoms with Crippen LogP contribution in [-0.2, 0) is 11.8 Å². The molecular weight excluding hydrogens is 556 g/mol. The third-order valence-corrected chi connectivity index (χ3v) is 7.80. The summed E-state index contributed by atoms with van der Waals surface area (Å²) < 4.78 is 7.84. The van der Waals surface area contributed by atoms with Crippen LogP contribution in [0.15, 0.2) is 43.0 Å². The van der Waals surface area contributed by atoms with E-state index >= 15 is 0 Å². The number of fused-ring (bicyclic) bond motifs is 1. The molecule has 1 saturated heterocycles. The number of aryl methyl sites for hydroxylation is 3. The minimum Gasteiger partial charge on any atom is -0.473 e. The predicted molar refractivity (Wildman–Crippen MR) is 161 cm³/mol. The molecule has 0 saturated carbocycles. The van der Waals surface area contributed by atoms with E-state index in [4.69, 9.17) is 21.3 Å². The van der Waals surface area contributed by atoms with Crippen LogP contribution in [0.4, 0.5) is 17.5 Å². The summed E-state index contributed by atoms with van der Waals surface area (Å²) in [5, 5.41) is 12.0. The molecule has 12 nitrogen and oxygen atoms in total. The van der Waals surface area contributed by atoms with Gasteiger partial charge in [0.25, 0.3) is 0 Å². The van der Waals surface area contributed by atoms with Crippen LogP contribution in [0.1, 0.15) is 23.2 Å². The fraction of sp³-hybridized carbons (Fsp3) is 0.310. The van der Waals surface area contributed by atoms with E-state index in [1.807, 2.05) is 58.3 Å². The van der Waals surface area contributed by atoms with Crippen molar-refractivity contribution in [2.24, 2.45) is 7.05 Å². The lowest BCUT2D eigenvalue weighted by Gasteiger charge is -2.17. The molecule has 1 atom stereocenters. The fourth-order valence-electron chi connectivity index (χ4n) is 5.09. The van der Waals surface area contributed by atoms with Crippen LogP contribution in [0, 0.1) is 20.8 Å². The van der Waals surface area contributed by atoms with Crippen molar-refractivity contribution >= 4 is 45.9 Å². The Balaban J connectivity index is 1.14. The molecule has 1 aromatic carbocycles. The molecule has 5 aromatic rings. The molecule has 0 bridgehead atoms. The zero-order valence-corrected chi connectivity index (χ0v) is 24.5. The summed E-state index contributed by atoms with van der Waals surface area (Å²) in [4.78, 5) is 35.9. The second-order valence-electron chi connectivity index (χ2n) is 10.5. The summed E-state index contributed by atoms with van der Waals surface area (Å²) in [6, 6.07) is 7.77. The molecule has 1 amide bonds. The first-order valence-corrected chi connectivity index (χ1v) is 14.0. The van der Waals surface area contributed by atoms with Gasteiger partial charge in [-0.25, -0.2) is 19.9 Å². The Labute approximate surface area is 247 Å². The molecule has 42 heavy (non-hydrogen) atoms. The number of anilines is 3. The third-order valence-electron chi connectivity index (χ3n) is 7.42. The van der Waals surface area contributed by atoms with Gasteiger partial charge in [-0.2, -0.15) is 5.10 Å². The van der Waals surface area contributed by atoms with E-state index in [1.165, 1.54) is 6.33 Å². The van der Waals surface area contributed by atoms with Gasteiger partial charge in [-0.3, -0.25) is 14.4 Å². The first-order chi connectivity index (χ1) is 20.2. The monoisotopic (exact) mass is 586 g/mol. The van der Waals surface area contributed by atoms with Crippen molar-refractivity contribution in [3.63, 3.8) is 0 Å². The molecule has 0 unspecified atom stereocenters. The van der Waals surface area contributed by atoms with Gasteiger partial charge in [-0.15, -0.1) is 0 Å². The molecule has 4 aromatic heterocycles. The minimum atomic E-state index is -0.101. The Kier molecular flexibility index (Phi) is 7.48. The highest BCUT2D eigenvalue weighted by atomic mass is 35.5. The number of rotatable bonds is 8. The summed E-state index contributed by atoms with van der Waals surface area (Å²) in [6.45, 7) is 7.40. The highest BCUT2D eigenvalue weighted by molar-refractivity contribution is 6.30. The number of amides is 1. The molecule has 216 valence electrons. The number of para-hydroxylation sites is 1. The maximum atomic E-state index is 13.1. The number of hydrogen-bond donors (Lipinski definition) is 3. The highest BCUT2D eigenvalue weighted by Crippen LogP contribution is 2.33. The van der Waals surface area contributed by atoms with Crippen LogP contribution >= 0.6 is 11.6 Å². The minimum absolute atomic E-state index is 0.0750. The first-order valence-electron chi connectivity index (χ1n) is 13.6. The third kappa shape index (κ3) is 5.63. The van der Waals surface area contributed by atoms with E-state index in [0.29, 0.717) is 40.6 Å². The summed E-state index contributed by atoms with van der Waals surface area (Å²) in [5.41, 5.74) is 5.90. The van der Waals surface area contributed by atoms with E-state index in [2.05, 4.69) is 40.6 Å². The molecule has 13 heteroatoms. The zero-order valence-electron chi connectivity index (χ0n) is 23.8. The van der Waals surface area contributed by atoms with Crippen LogP contribution in [0.3, 0.4) is 0 Å². The van der Waals surface area contributed by atoms with Crippen LogP contribution in [-0.4, -0.2) is 71.2 Å². The average molecular weight is 587 g/mol. The fourth-order valence-corrected chi connectivity index (χ4v) is 5.21. The maximum Gasteiger partial charge on any atom is 0.238 e. The predicted octanol–water partition coefficient (Wildman–Crippen LogP) is 4.56. The number of benzene rings is 1. The number of hydrogen-bond acceptors (Lipinski definition) is 9. The van der Waals surface area contributed by atoms with Gasteiger partial charge in [0, 0.05) is 60.8 Å². The quantitative estimate of drug-likeness (QED) is 0.223. The van der Waals surface area contributed by atoms with Gasteiger partial charge < -0.3 is 20.4 Å². The lowest BCUT2D eigenvalue weighted by molar-refractivity contribution is -0.117. The smallest absolute Gasteiger partial charge is 0.238 e. The molecule has 1 fully saturated rings. The molecular formula is C29H31ClN10O2. The Morgan fingerprint density at radius 2 is 2.07 bits per heavy atom. The second kappa shape index (κ2) is 11.4. The number of H-pyrrole nitrogens is 1. The normalized spacial score (nSPS) is 15.3. The second-order valence-corrected chi connectivity index (χ2v) is 10.8. The van der Waals surface area contributed by atoms with Gasteiger partial charge in [-0.1, -0.05) is 23.7 Å². The van der Waals surface area contributed by atoms with E-state index in [-0.39, 0.29) is 18.6 Å². The Bertz CT molecular complexity index is 1760. The van der Waals surface area contributed by atoms with Crippen molar-refractivity contribution in [2.75, 3.05) is 30.3 Å². The van der Waals surface area contributed by atoms with Gasteiger partial charge >= 0.3 is 0 Å². The number of carbonyl (C=O) groups excluding carboxylic acids is 1. The first kappa shape index (κ1) is 27.6. The molecule has 5 heterocycles. The number of nitrogens with one attached hydrogen (secondary N) is 3. The van der Waals surface area contributed by atoms with Crippen molar-refractivity contribution in [1.82, 2.24) is 39.6 Å². The van der Waals surface area contributed by atoms with E-state index in [1.54, 1.807) is 10.9 Å². The van der Waals surface area contributed by atoms with Crippen LogP contribution in [0.5, 0.6) is 5.88 Å². The summed E-state index contributed by atoms with van der Waals surface area (Å²) in [7, 11) is 1.89. The number of ether oxygens (including phenoxy) is 1. The van der Waals surface area contributed by atoms with Gasteiger partial charge in [0.1, 0.15) is 17.6 Å². The van der Waals surface area contributed by atoms with Gasteiger partial charge in [0.05, 0.1) is 23.4 Å². The molecule has 0 radical (unpaired) electrons. The molecule has 3 N–H and O–H groups in total. The van der Waals surface area contributed by atoms with Crippen molar-refractivity contribution in [3.05, 3.63) is 65.0 Å². The average Bonchev–Trinajstić information content (AvgIpc) is 3.67. The zero-order chi connectivity index (χ0) is 29.4. The highest BCUT2D eigenvalue weighted by Gasteiger charge is 2.27. The molecule has 1 aliphatic rings. The molecule has 0 spiro atoms. The Morgan fingerprint density at radius 1 is 1.21 bits per heavy atom. The number of halogens is 1. The number of aromatic amines is 1. The summed E-state index contributed by atoms with van der Waals surface area (Å²) >= 11 is 6.09. The van der Waals surface area contributed by atoms with Crippen LogP contribution in [0.2, 0.25) is 5.15 Å². The largest absolute Gasteiger partial charge is 0.473 e. The van der Waals surface area contributed by atoms with E-state index in [0.717, 1.165) is 46.4 Å². The lowest BCUT2D eigenvalue weighted by Crippen LogP contribution is -2.33. The topological polar surface area (TPSA) is 139 Å². The van der Waals surface area contributed by atoms with Crippen molar-refractivity contribution in [2.45, 2.75) is 33.3 Å².